The first kappa shape index (κ1) is 22.4. The Morgan fingerprint density at radius 2 is 1.68 bits per heavy atom. The molecular formula is C28H20BrClN2O2. The number of phenols is 1. The third-order valence-corrected chi connectivity index (χ3v) is 6.52. The summed E-state index contributed by atoms with van der Waals surface area (Å²) in [7, 11) is 0. The molecule has 1 unspecified atom stereocenters. The average molecular weight is 532 g/mol. The van der Waals surface area contributed by atoms with E-state index in [1.807, 2.05) is 30.3 Å². The smallest absolute Gasteiger partial charge is 0.249 e. The fourth-order valence-corrected chi connectivity index (χ4v) is 4.72. The molecule has 0 saturated carbocycles. The van der Waals surface area contributed by atoms with Crippen molar-refractivity contribution in [2.45, 2.75) is 12.5 Å². The summed E-state index contributed by atoms with van der Waals surface area (Å²) in [5, 5.41) is 13.4. The summed E-state index contributed by atoms with van der Waals surface area (Å²) in [6.07, 6.45) is 0.428. The molecule has 2 N–H and O–H groups in total. The van der Waals surface area contributed by atoms with E-state index in [9.17, 15) is 9.90 Å². The van der Waals surface area contributed by atoms with Crippen LogP contribution in [0.15, 0.2) is 100 Å². The van der Waals surface area contributed by atoms with Crippen LogP contribution in [0.1, 0.15) is 16.7 Å². The molecule has 0 aromatic heterocycles. The molecule has 168 valence electrons. The number of aromatic hydroxyl groups is 1. The van der Waals surface area contributed by atoms with Gasteiger partial charge in [0.2, 0.25) is 5.91 Å². The first-order valence-electron chi connectivity index (χ1n) is 10.8. The second-order valence-corrected chi connectivity index (χ2v) is 9.44. The molecule has 1 aliphatic rings. The maximum Gasteiger partial charge on any atom is 0.249 e. The van der Waals surface area contributed by atoms with Crippen molar-refractivity contribution in [2.75, 3.05) is 5.32 Å². The number of carbonyl (C=O) groups is 1. The number of nitrogens with zero attached hydrogens (tertiary/aromatic N) is 1. The van der Waals surface area contributed by atoms with Crippen LogP contribution in [0.4, 0.5) is 5.69 Å². The summed E-state index contributed by atoms with van der Waals surface area (Å²) >= 11 is 9.85. The molecule has 5 rings (SSSR count). The molecule has 0 aliphatic carbocycles. The Hall–Kier alpha value is -3.41. The molecule has 0 radical (unpaired) electrons. The monoisotopic (exact) mass is 530 g/mol. The topological polar surface area (TPSA) is 61.7 Å². The summed E-state index contributed by atoms with van der Waals surface area (Å²) in [5.41, 5.74) is 6.00. The number of benzene rings is 4. The van der Waals surface area contributed by atoms with Crippen molar-refractivity contribution >= 4 is 44.8 Å². The number of phenolic OH excluding ortho intramolecular Hbond substituents is 1. The zero-order valence-electron chi connectivity index (χ0n) is 18.0. The molecule has 0 spiro atoms. The second kappa shape index (κ2) is 9.45. The molecule has 0 bridgehead atoms. The number of fused-ring (bicyclic) bond motifs is 1. The van der Waals surface area contributed by atoms with E-state index in [4.69, 9.17) is 16.6 Å². The van der Waals surface area contributed by atoms with Crippen molar-refractivity contribution in [3.63, 3.8) is 0 Å². The van der Waals surface area contributed by atoms with Gasteiger partial charge in [-0.15, -0.1) is 0 Å². The second-order valence-electron chi connectivity index (χ2n) is 8.09. The van der Waals surface area contributed by atoms with E-state index < -0.39 is 6.04 Å². The molecule has 1 heterocycles. The van der Waals surface area contributed by atoms with Crippen LogP contribution in [0.3, 0.4) is 0 Å². The van der Waals surface area contributed by atoms with Gasteiger partial charge in [0.15, 0.2) is 0 Å². The van der Waals surface area contributed by atoms with Crippen LogP contribution in [0, 0.1) is 0 Å². The van der Waals surface area contributed by atoms with Gasteiger partial charge in [-0.05, 0) is 71.3 Å². The third kappa shape index (κ3) is 4.63. The van der Waals surface area contributed by atoms with E-state index in [-0.39, 0.29) is 11.7 Å². The van der Waals surface area contributed by atoms with Crippen LogP contribution in [-0.2, 0) is 11.2 Å². The van der Waals surface area contributed by atoms with Gasteiger partial charge in [-0.25, -0.2) is 0 Å². The summed E-state index contributed by atoms with van der Waals surface area (Å²) in [5.74, 6) is -0.0145. The predicted octanol–water partition coefficient (Wildman–Crippen LogP) is 6.88. The Morgan fingerprint density at radius 3 is 2.47 bits per heavy atom. The molecule has 0 saturated heterocycles. The molecular weight excluding hydrogens is 512 g/mol. The van der Waals surface area contributed by atoms with Gasteiger partial charge in [0.1, 0.15) is 11.8 Å². The van der Waals surface area contributed by atoms with Crippen LogP contribution in [-0.4, -0.2) is 22.8 Å². The number of hydrogen-bond acceptors (Lipinski definition) is 3. The van der Waals surface area contributed by atoms with Crippen molar-refractivity contribution < 1.29 is 9.90 Å². The van der Waals surface area contributed by atoms with Crippen molar-refractivity contribution in [3.05, 3.63) is 117 Å². The van der Waals surface area contributed by atoms with E-state index >= 15 is 0 Å². The highest BCUT2D eigenvalue weighted by Crippen LogP contribution is 2.31. The number of benzodiazepines with no additional fused rings is 1. The zero-order valence-corrected chi connectivity index (χ0v) is 20.3. The zero-order chi connectivity index (χ0) is 23.7. The molecule has 6 heteroatoms. The lowest BCUT2D eigenvalue weighted by molar-refractivity contribution is -0.117. The number of carbonyl (C=O) groups excluding carboxylic acids is 1. The van der Waals surface area contributed by atoms with Crippen molar-refractivity contribution in [2.24, 2.45) is 4.99 Å². The van der Waals surface area contributed by atoms with Gasteiger partial charge >= 0.3 is 0 Å². The molecule has 0 fully saturated rings. The van der Waals surface area contributed by atoms with Crippen molar-refractivity contribution in [1.29, 1.82) is 0 Å². The van der Waals surface area contributed by atoms with Crippen molar-refractivity contribution in [1.82, 2.24) is 0 Å². The highest BCUT2D eigenvalue weighted by molar-refractivity contribution is 9.10. The number of nitrogens with one attached hydrogen (secondary N) is 1. The Kier molecular flexibility index (Phi) is 6.22. The van der Waals surface area contributed by atoms with Gasteiger partial charge in [0.05, 0.1) is 11.4 Å². The standard InChI is InChI=1S/C28H20BrClN2O2/c29-20-6-3-5-18(14-20)23-7-2-1-4-19(23)15-26-28(34)32-25-13-10-21(30)16-24(25)27(31-26)17-8-11-22(33)12-9-17/h1-14,16,26,33H,15H2,(H,32,34). The number of anilines is 1. The fraction of sp³-hybridized carbons (Fsp3) is 0.0714. The maximum absolute atomic E-state index is 13.3. The minimum absolute atomic E-state index is 0.165. The van der Waals surface area contributed by atoms with Gasteiger partial charge in [-0.3, -0.25) is 9.79 Å². The van der Waals surface area contributed by atoms with E-state index in [0.29, 0.717) is 22.8 Å². The van der Waals surface area contributed by atoms with E-state index in [1.54, 1.807) is 42.5 Å². The highest BCUT2D eigenvalue weighted by atomic mass is 79.9. The molecule has 4 nitrogen and oxygen atoms in total. The molecule has 1 amide bonds. The highest BCUT2D eigenvalue weighted by Gasteiger charge is 2.27. The minimum atomic E-state index is -0.650. The molecule has 1 atom stereocenters. The average Bonchev–Trinajstić information content (AvgIpc) is 2.96. The number of hydrogen-bond donors (Lipinski definition) is 2. The summed E-state index contributed by atoms with van der Waals surface area (Å²) in [4.78, 5) is 18.2. The first-order chi connectivity index (χ1) is 16.5. The van der Waals surface area contributed by atoms with Crippen LogP contribution < -0.4 is 5.32 Å². The van der Waals surface area contributed by atoms with Crippen molar-refractivity contribution in [3.8, 4) is 16.9 Å². The molecule has 1 aliphatic heterocycles. The van der Waals surface area contributed by atoms with Gasteiger partial charge in [-0.1, -0.05) is 63.9 Å². The Balaban J connectivity index is 1.60. The molecule has 4 aromatic carbocycles. The lowest BCUT2D eigenvalue weighted by atomic mass is 9.95. The van der Waals surface area contributed by atoms with Gasteiger partial charge in [0, 0.05) is 27.0 Å². The Bertz CT molecular complexity index is 1420. The Morgan fingerprint density at radius 1 is 0.882 bits per heavy atom. The summed E-state index contributed by atoms with van der Waals surface area (Å²) in [6.45, 7) is 0. The van der Waals surface area contributed by atoms with Gasteiger partial charge in [0.25, 0.3) is 0 Å². The fourth-order valence-electron chi connectivity index (χ4n) is 4.15. The van der Waals surface area contributed by atoms with Crippen LogP contribution in [0.25, 0.3) is 11.1 Å². The van der Waals surface area contributed by atoms with E-state index in [0.717, 1.165) is 32.3 Å². The first-order valence-corrected chi connectivity index (χ1v) is 12.0. The third-order valence-electron chi connectivity index (χ3n) is 5.79. The number of rotatable bonds is 4. The predicted molar refractivity (Wildman–Crippen MR) is 141 cm³/mol. The summed E-state index contributed by atoms with van der Waals surface area (Å²) in [6, 6.07) is 27.7. The quantitative estimate of drug-likeness (QED) is 0.302. The van der Waals surface area contributed by atoms with Crippen LogP contribution in [0.2, 0.25) is 5.02 Å². The van der Waals surface area contributed by atoms with Gasteiger partial charge in [-0.2, -0.15) is 0 Å². The molecule has 34 heavy (non-hydrogen) atoms. The maximum atomic E-state index is 13.3. The van der Waals surface area contributed by atoms with Gasteiger partial charge < -0.3 is 10.4 Å². The number of halogens is 2. The normalized spacial score (nSPS) is 15.2. The lowest BCUT2D eigenvalue weighted by Gasteiger charge is -2.15. The molecule has 4 aromatic rings. The van der Waals surface area contributed by atoms with Crippen LogP contribution in [0.5, 0.6) is 5.75 Å². The SMILES string of the molecule is O=C1Nc2ccc(Cl)cc2C(c2ccc(O)cc2)=NC1Cc1ccccc1-c1cccc(Br)c1. The summed E-state index contributed by atoms with van der Waals surface area (Å²) < 4.78 is 0.993. The number of amides is 1. The lowest BCUT2D eigenvalue weighted by Crippen LogP contribution is -2.27. The largest absolute Gasteiger partial charge is 0.508 e. The van der Waals surface area contributed by atoms with Crippen LogP contribution >= 0.6 is 27.5 Å². The number of aliphatic imine (C=N–C) groups is 1. The minimum Gasteiger partial charge on any atom is -0.508 e. The Labute approximate surface area is 211 Å². The van der Waals surface area contributed by atoms with E-state index in [2.05, 4.69) is 39.4 Å². The van der Waals surface area contributed by atoms with E-state index in [1.165, 1.54) is 0 Å².